The lowest BCUT2D eigenvalue weighted by molar-refractivity contribution is -0.121. The summed E-state index contributed by atoms with van der Waals surface area (Å²) in [5.74, 6) is -0.515. The molecule has 1 aromatic rings. The SMILES string of the molecule is CNC(=O)CCOC(=O)c1ccsc1. The van der Waals surface area contributed by atoms with Gasteiger partial charge >= 0.3 is 5.97 Å². The van der Waals surface area contributed by atoms with Crippen molar-refractivity contribution < 1.29 is 14.3 Å². The van der Waals surface area contributed by atoms with Crippen LogP contribution in [-0.4, -0.2) is 25.5 Å². The summed E-state index contributed by atoms with van der Waals surface area (Å²) in [5, 5.41) is 5.96. The lowest BCUT2D eigenvalue weighted by Gasteiger charge is -2.02. The van der Waals surface area contributed by atoms with Crippen LogP contribution in [-0.2, 0) is 9.53 Å². The van der Waals surface area contributed by atoms with Gasteiger partial charge in [0.05, 0.1) is 12.0 Å². The molecule has 0 saturated carbocycles. The zero-order valence-corrected chi connectivity index (χ0v) is 8.60. The summed E-state index contributed by atoms with van der Waals surface area (Å²) in [4.78, 5) is 22.0. The number of esters is 1. The minimum absolute atomic E-state index is 0.119. The highest BCUT2D eigenvalue weighted by Crippen LogP contribution is 2.07. The predicted molar refractivity (Wildman–Crippen MR) is 53.3 cm³/mol. The average molecular weight is 213 g/mol. The zero-order valence-electron chi connectivity index (χ0n) is 7.78. The van der Waals surface area contributed by atoms with E-state index in [1.807, 2.05) is 0 Å². The van der Waals surface area contributed by atoms with Gasteiger partial charge in [-0.1, -0.05) is 0 Å². The quantitative estimate of drug-likeness (QED) is 0.760. The molecule has 0 saturated heterocycles. The summed E-state index contributed by atoms with van der Waals surface area (Å²) in [6, 6.07) is 1.69. The fourth-order valence-electron chi connectivity index (χ4n) is 0.825. The number of thiophene rings is 1. The summed E-state index contributed by atoms with van der Waals surface area (Å²) in [7, 11) is 1.54. The van der Waals surface area contributed by atoms with Gasteiger partial charge in [0.1, 0.15) is 6.61 Å². The molecular formula is C9H11NO3S. The average Bonchev–Trinajstić information content (AvgIpc) is 2.70. The lowest BCUT2D eigenvalue weighted by Crippen LogP contribution is -2.20. The molecule has 0 aliphatic carbocycles. The highest BCUT2D eigenvalue weighted by molar-refractivity contribution is 7.08. The van der Waals surface area contributed by atoms with Gasteiger partial charge in [-0.3, -0.25) is 4.79 Å². The number of hydrogen-bond acceptors (Lipinski definition) is 4. The van der Waals surface area contributed by atoms with Crippen molar-refractivity contribution in [1.82, 2.24) is 5.32 Å². The van der Waals surface area contributed by atoms with Crippen molar-refractivity contribution in [3.63, 3.8) is 0 Å². The Morgan fingerprint density at radius 2 is 2.36 bits per heavy atom. The molecule has 0 fully saturated rings. The van der Waals surface area contributed by atoms with Gasteiger partial charge < -0.3 is 10.1 Å². The van der Waals surface area contributed by atoms with E-state index in [1.54, 1.807) is 23.9 Å². The van der Waals surface area contributed by atoms with Crippen LogP contribution in [0.4, 0.5) is 0 Å². The fraction of sp³-hybridized carbons (Fsp3) is 0.333. The van der Waals surface area contributed by atoms with E-state index in [1.165, 1.54) is 11.3 Å². The molecule has 0 spiro atoms. The van der Waals surface area contributed by atoms with Gasteiger partial charge in [0.15, 0.2) is 0 Å². The van der Waals surface area contributed by atoms with Crippen molar-refractivity contribution in [2.75, 3.05) is 13.7 Å². The lowest BCUT2D eigenvalue weighted by atomic mass is 10.3. The third-order valence-corrected chi connectivity index (χ3v) is 2.28. The topological polar surface area (TPSA) is 55.4 Å². The molecule has 1 amide bonds. The second-order valence-corrected chi connectivity index (χ2v) is 3.35. The van der Waals surface area contributed by atoms with E-state index in [2.05, 4.69) is 5.32 Å². The van der Waals surface area contributed by atoms with Crippen molar-refractivity contribution in [3.8, 4) is 0 Å². The summed E-state index contributed by atoms with van der Waals surface area (Å²) in [6.07, 6.45) is 0.201. The molecule has 1 heterocycles. The molecule has 1 aromatic heterocycles. The second-order valence-electron chi connectivity index (χ2n) is 2.57. The summed E-state index contributed by atoms with van der Waals surface area (Å²) >= 11 is 1.43. The van der Waals surface area contributed by atoms with Gasteiger partial charge in [-0.05, 0) is 11.4 Å². The Kier molecular flexibility index (Phi) is 4.12. The Morgan fingerprint density at radius 1 is 1.57 bits per heavy atom. The monoisotopic (exact) mass is 213 g/mol. The van der Waals surface area contributed by atoms with Crippen LogP contribution in [0.25, 0.3) is 0 Å². The summed E-state index contributed by atoms with van der Waals surface area (Å²) in [6.45, 7) is 0.119. The van der Waals surface area contributed by atoms with Crippen molar-refractivity contribution >= 4 is 23.2 Å². The highest BCUT2D eigenvalue weighted by atomic mass is 32.1. The van der Waals surface area contributed by atoms with E-state index in [-0.39, 0.29) is 24.9 Å². The molecule has 0 atom stereocenters. The van der Waals surface area contributed by atoms with Gasteiger partial charge in [0, 0.05) is 12.4 Å². The van der Waals surface area contributed by atoms with Crippen molar-refractivity contribution in [2.45, 2.75) is 6.42 Å². The first-order valence-electron chi connectivity index (χ1n) is 4.14. The van der Waals surface area contributed by atoms with E-state index >= 15 is 0 Å². The van der Waals surface area contributed by atoms with Crippen LogP contribution in [0.5, 0.6) is 0 Å². The van der Waals surface area contributed by atoms with Crippen LogP contribution in [0, 0.1) is 0 Å². The largest absolute Gasteiger partial charge is 0.462 e. The molecule has 0 radical (unpaired) electrons. The number of carbonyl (C=O) groups excluding carboxylic acids is 2. The van der Waals surface area contributed by atoms with E-state index in [4.69, 9.17) is 4.74 Å². The fourth-order valence-corrected chi connectivity index (χ4v) is 1.45. The van der Waals surface area contributed by atoms with E-state index in [9.17, 15) is 9.59 Å². The number of ether oxygens (including phenoxy) is 1. The number of amides is 1. The highest BCUT2D eigenvalue weighted by Gasteiger charge is 2.07. The molecule has 1 N–H and O–H groups in total. The third-order valence-electron chi connectivity index (χ3n) is 1.60. The summed E-state index contributed by atoms with van der Waals surface area (Å²) < 4.78 is 4.87. The molecule has 0 aliphatic rings. The van der Waals surface area contributed by atoms with Crippen LogP contribution in [0.3, 0.4) is 0 Å². The van der Waals surface area contributed by atoms with Crippen LogP contribution in [0.15, 0.2) is 16.8 Å². The Morgan fingerprint density at radius 3 is 2.93 bits per heavy atom. The second kappa shape index (κ2) is 5.39. The number of nitrogens with one attached hydrogen (secondary N) is 1. The number of carbonyl (C=O) groups is 2. The molecular weight excluding hydrogens is 202 g/mol. The van der Waals surface area contributed by atoms with E-state index < -0.39 is 0 Å². The van der Waals surface area contributed by atoms with Gasteiger partial charge in [0.25, 0.3) is 0 Å². The van der Waals surface area contributed by atoms with Crippen molar-refractivity contribution in [3.05, 3.63) is 22.4 Å². The van der Waals surface area contributed by atoms with Gasteiger partial charge in [-0.15, -0.1) is 0 Å². The standard InChI is InChI=1S/C9H11NO3S/c1-10-8(11)2-4-13-9(12)7-3-5-14-6-7/h3,5-6H,2,4H2,1H3,(H,10,11). The summed E-state index contributed by atoms with van der Waals surface area (Å²) in [5.41, 5.74) is 0.534. The molecule has 0 aromatic carbocycles. The molecule has 0 unspecified atom stereocenters. The maximum atomic E-state index is 11.2. The number of rotatable bonds is 4. The van der Waals surface area contributed by atoms with Crippen LogP contribution in [0.1, 0.15) is 16.8 Å². The van der Waals surface area contributed by atoms with Crippen LogP contribution in [0.2, 0.25) is 0 Å². The van der Waals surface area contributed by atoms with E-state index in [0.29, 0.717) is 5.56 Å². The third kappa shape index (κ3) is 3.18. The molecule has 14 heavy (non-hydrogen) atoms. The maximum absolute atomic E-state index is 11.2. The predicted octanol–water partition coefficient (Wildman–Crippen LogP) is 1.04. The first-order chi connectivity index (χ1) is 6.74. The van der Waals surface area contributed by atoms with E-state index in [0.717, 1.165) is 0 Å². The Balaban J connectivity index is 2.26. The van der Waals surface area contributed by atoms with Gasteiger partial charge in [-0.2, -0.15) is 11.3 Å². The Bertz CT molecular complexity index is 308. The van der Waals surface area contributed by atoms with Crippen LogP contribution >= 0.6 is 11.3 Å². The van der Waals surface area contributed by atoms with Gasteiger partial charge in [-0.25, -0.2) is 4.79 Å². The Hall–Kier alpha value is -1.36. The van der Waals surface area contributed by atoms with Crippen molar-refractivity contribution in [1.29, 1.82) is 0 Å². The molecule has 5 heteroatoms. The minimum atomic E-state index is -0.379. The zero-order chi connectivity index (χ0) is 10.4. The Labute approximate surface area is 85.9 Å². The minimum Gasteiger partial charge on any atom is -0.462 e. The molecule has 0 bridgehead atoms. The van der Waals surface area contributed by atoms with Crippen LogP contribution < -0.4 is 5.32 Å². The maximum Gasteiger partial charge on any atom is 0.338 e. The first-order valence-corrected chi connectivity index (χ1v) is 5.08. The number of hydrogen-bond donors (Lipinski definition) is 1. The van der Waals surface area contributed by atoms with Crippen molar-refractivity contribution in [2.24, 2.45) is 0 Å². The molecule has 76 valence electrons. The normalized spacial score (nSPS) is 9.50. The molecule has 0 aliphatic heterocycles. The first kappa shape index (κ1) is 10.7. The molecule has 1 rings (SSSR count). The smallest absolute Gasteiger partial charge is 0.338 e. The molecule has 4 nitrogen and oxygen atoms in total. The van der Waals surface area contributed by atoms with Gasteiger partial charge in [0.2, 0.25) is 5.91 Å².